The molecule has 2 amide bonds. The first-order valence-corrected chi connectivity index (χ1v) is 11.4. The van der Waals surface area contributed by atoms with Crippen LogP contribution >= 0.6 is 0 Å². The van der Waals surface area contributed by atoms with Crippen LogP contribution in [0.15, 0.2) is 72.8 Å². The van der Waals surface area contributed by atoms with Crippen molar-refractivity contribution in [3.05, 3.63) is 89.5 Å². The lowest BCUT2D eigenvalue weighted by atomic mass is 9.83. The van der Waals surface area contributed by atoms with Gasteiger partial charge in [-0.2, -0.15) is 0 Å². The molecule has 1 aliphatic carbocycles. The highest BCUT2D eigenvalue weighted by molar-refractivity contribution is 5.91. The van der Waals surface area contributed by atoms with Gasteiger partial charge in [0.1, 0.15) is 12.6 Å². The Bertz CT molecular complexity index is 1220. The van der Waals surface area contributed by atoms with E-state index in [0.717, 1.165) is 22.3 Å². The molecule has 1 aliphatic rings. The van der Waals surface area contributed by atoms with E-state index in [9.17, 15) is 14.4 Å². The van der Waals surface area contributed by atoms with Crippen molar-refractivity contribution in [3.8, 4) is 11.1 Å². The second kappa shape index (κ2) is 9.62. The van der Waals surface area contributed by atoms with Crippen LogP contribution in [0.1, 0.15) is 43.4 Å². The molecule has 3 aromatic rings. The molecule has 0 radical (unpaired) electrons. The van der Waals surface area contributed by atoms with Gasteiger partial charge in [-0.15, -0.1) is 0 Å². The molecule has 4 rings (SSSR count). The number of rotatable bonds is 7. The molecule has 3 aromatic carbocycles. The van der Waals surface area contributed by atoms with Crippen molar-refractivity contribution in [3.63, 3.8) is 0 Å². The van der Waals surface area contributed by atoms with Gasteiger partial charge in [-0.25, -0.2) is 4.79 Å². The average molecular weight is 473 g/mol. The number of amides is 2. The van der Waals surface area contributed by atoms with Crippen LogP contribution in [-0.2, 0) is 19.7 Å². The Hall–Kier alpha value is -4.13. The van der Waals surface area contributed by atoms with E-state index in [-0.39, 0.29) is 12.5 Å². The molecule has 3 N–H and O–H groups in total. The number of hydrogen-bond donors (Lipinski definition) is 3. The smallest absolute Gasteiger partial charge is 0.411 e. The van der Waals surface area contributed by atoms with Crippen molar-refractivity contribution < 1.29 is 24.2 Å². The standard InChI is InChI=1S/C28H28N2O5/c1-17(25(31)32)29-26(33)28(2,3)18-12-14-19(15-13-18)30-27(34)35-16-24-22-10-6-4-8-20(22)21-9-5-7-11-23(21)24/h4-15,17,24H,16H2,1-3H3,(H,29,33)(H,30,34)(H,31,32)/t17-/m1/s1. The van der Waals surface area contributed by atoms with E-state index in [2.05, 4.69) is 34.9 Å². The molecule has 0 aliphatic heterocycles. The normalized spacial score (nSPS) is 13.3. The van der Waals surface area contributed by atoms with Crippen LogP contribution in [-0.4, -0.2) is 35.7 Å². The summed E-state index contributed by atoms with van der Waals surface area (Å²) in [5.74, 6) is -1.52. The van der Waals surface area contributed by atoms with Gasteiger partial charge in [-0.1, -0.05) is 60.7 Å². The third-order valence-corrected chi connectivity index (χ3v) is 6.48. The number of aliphatic carboxylic acids is 1. The number of hydrogen-bond acceptors (Lipinski definition) is 4. The van der Waals surface area contributed by atoms with E-state index in [1.165, 1.54) is 6.92 Å². The van der Waals surface area contributed by atoms with E-state index >= 15 is 0 Å². The molecule has 7 nitrogen and oxygen atoms in total. The minimum atomic E-state index is -1.10. The third-order valence-electron chi connectivity index (χ3n) is 6.48. The lowest BCUT2D eigenvalue weighted by molar-refractivity contribution is -0.142. The highest BCUT2D eigenvalue weighted by atomic mass is 16.5. The van der Waals surface area contributed by atoms with Crippen LogP contribution in [0, 0.1) is 0 Å². The number of carboxylic acid groups (broad SMARTS) is 1. The maximum atomic E-state index is 12.6. The van der Waals surface area contributed by atoms with Gasteiger partial charge in [0.2, 0.25) is 5.91 Å². The van der Waals surface area contributed by atoms with Crippen LogP contribution in [0.4, 0.5) is 10.5 Å². The molecule has 0 saturated heterocycles. The predicted molar refractivity (Wildman–Crippen MR) is 133 cm³/mol. The summed E-state index contributed by atoms with van der Waals surface area (Å²) < 4.78 is 5.58. The van der Waals surface area contributed by atoms with Gasteiger partial charge in [-0.05, 0) is 60.7 Å². The largest absolute Gasteiger partial charge is 0.480 e. The Kier molecular flexibility index (Phi) is 6.60. The summed E-state index contributed by atoms with van der Waals surface area (Å²) in [4.78, 5) is 36.1. The fraction of sp³-hybridized carbons (Fsp3) is 0.250. The molecule has 0 aromatic heterocycles. The van der Waals surface area contributed by atoms with Crippen molar-refractivity contribution in [1.82, 2.24) is 5.32 Å². The maximum Gasteiger partial charge on any atom is 0.411 e. The van der Waals surface area contributed by atoms with Crippen LogP contribution < -0.4 is 10.6 Å². The Morgan fingerprint density at radius 2 is 1.46 bits per heavy atom. The molecule has 0 unspecified atom stereocenters. The summed E-state index contributed by atoms with van der Waals surface area (Å²) in [6, 6.07) is 22.1. The third kappa shape index (κ3) is 4.89. The monoisotopic (exact) mass is 472 g/mol. The van der Waals surface area contributed by atoms with Gasteiger partial charge in [-0.3, -0.25) is 14.9 Å². The zero-order valence-corrected chi connectivity index (χ0v) is 19.9. The second-order valence-corrected chi connectivity index (χ2v) is 9.19. The van der Waals surface area contributed by atoms with E-state index in [0.29, 0.717) is 11.3 Å². The molecule has 0 saturated carbocycles. The summed E-state index contributed by atoms with van der Waals surface area (Å²) in [5.41, 5.74) is 4.87. The van der Waals surface area contributed by atoms with Crippen molar-refractivity contribution in [2.45, 2.75) is 38.1 Å². The topological polar surface area (TPSA) is 105 Å². The van der Waals surface area contributed by atoms with Gasteiger partial charge >= 0.3 is 12.1 Å². The highest BCUT2D eigenvalue weighted by Gasteiger charge is 2.32. The number of carbonyl (C=O) groups is 3. The molecule has 0 spiro atoms. The average Bonchev–Trinajstić information content (AvgIpc) is 3.16. The minimum absolute atomic E-state index is 0.0250. The summed E-state index contributed by atoms with van der Waals surface area (Å²) in [7, 11) is 0. The predicted octanol–water partition coefficient (Wildman–Crippen LogP) is 4.91. The molecule has 0 bridgehead atoms. The SMILES string of the molecule is C[C@@H](NC(=O)C(C)(C)c1ccc(NC(=O)OCC2c3ccccc3-c3ccccc32)cc1)C(=O)O. The Morgan fingerprint density at radius 3 is 2.00 bits per heavy atom. The van der Waals surface area contributed by atoms with Gasteiger partial charge in [0.15, 0.2) is 0 Å². The molecule has 0 fully saturated rings. The van der Waals surface area contributed by atoms with Crippen LogP contribution in [0.5, 0.6) is 0 Å². The second-order valence-electron chi connectivity index (χ2n) is 9.19. The fourth-order valence-electron chi connectivity index (χ4n) is 4.29. The Labute approximate surface area is 204 Å². The first-order valence-electron chi connectivity index (χ1n) is 11.4. The van der Waals surface area contributed by atoms with Gasteiger partial charge in [0.25, 0.3) is 0 Å². The van der Waals surface area contributed by atoms with E-state index < -0.39 is 29.4 Å². The number of carboxylic acids is 1. The quantitative estimate of drug-likeness (QED) is 0.453. The van der Waals surface area contributed by atoms with Crippen LogP contribution in [0.3, 0.4) is 0 Å². The van der Waals surface area contributed by atoms with E-state index in [4.69, 9.17) is 9.84 Å². The number of fused-ring (bicyclic) bond motifs is 3. The number of benzene rings is 3. The minimum Gasteiger partial charge on any atom is -0.480 e. The summed E-state index contributed by atoms with van der Waals surface area (Å²) >= 11 is 0. The number of anilines is 1. The molecule has 1 atom stereocenters. The van der Waals surface area contributed by atoms with Gasteiger partial charge in [0.05, 0.1) is 5.41 Å². The summed E-state index contributed by atoms with van der Waals surface area (Å²) in [5, 5.41) is 14.3. The van der Waals surface area contributed by atoms with E-state index in [1.54, 1.807) is 38.1 Å². The Morgan fingerprint density at radius 1 is 0.914 bits per heavy atom. The highest BCUT2D eigenvalue weighted by Crippen LogP contribution is 2.44. The first kappa shape index (κ1) is 24.0. The van der Waals surface area contributed by atoms with E-state index in [1.807, 2.05) is 24.3 Å². The van der Waals surface area contributed by atoms with Gasteiger partial charge in [0, 0.05) is 11.6 Å². The number of ether oxygens (including phenoxy) is 1. The number of nitrogens with one attached hydrogen (secondary N) is 2. The maximum absolute atomic E-state index is 12.6. The van der Waals surface area contributed by atoms with Crippen molar-refractivity contribution in [2.75, 3.05) is 11.9 Å². The van der Waals surface area contributed by atoms with Crippen molar-refractivity contribution in [1.29, 1.82) is 0 Å². The summed E-state index contributed by atoms with van der Waals surface area (Å²) in [6.45, 7) is 5.06. The molecular formula is C28H28N2O5. The first-order chi connectivity index (χ1) is 16.7. The van der Waals surface area contributed by atoms with Crippen LogP contribution in [0.25, 0.3) is 11.1 Å². The number of carbonyl (C=O) groups excluding carboxylic acids is 2. The van der Waals surface area contributed by atoms with Crippen molar-refractivity contribution in [2.24, 2.45) is 0 Å². The molecule has 35 heavy (non-hydrogen) atoms. The van der Waals surface area contributed by atoms with Gasteiger partial charge < -0.3 is 15.2 Å². The molecule has 0 heterocycles. The zero-order chi connectivity index (χ0) is 25.2. The zero-order valence-electron chi connectivity index (χ0n) is 19.9. The Balaban J connectivity index is 1.38. The molecule has 180 valence electrons. The molecular weight excluding hydrogens is 444 g/mol. The fourth-order valence-corrected chi connectivity index (χ4v) is 4.29. The molecule has 7 heteroatoms. The lowest BCUT2D eigenvalue weighted by Crippen LogP contribution is -2.47. The lowest BCUT2D eigenvalue weighted by Gasteiger charge is -2.25. The summed E-state index contributed by atoms with van der Waals surface area (Å²) in [6.07, 6.45) is -0.563. The van der Waals surface area contributed by atoms with Crippen molar-refractivity contribution >= 4 is 23.7 Å². The van der Waals surface area contributed by atoms with Crippen LogP contribution in [0.2, 0.25) is 0 Å².